The lowest BCUT2D eigenvalue weighted by Gasteiger charge is -2.28. The van der Waals surface area contributed by atoms with E-state index in [0.29, 0.717) is 42.2 Å². The van der Waals surface area contributed by atoms with E-state index in [0.717, 1.165) is 31.4 Å². The summed E-state index contributed by atoms with van der Waals surface area (Å²) in [6, 6.07) is 6.06. The minimum Gasteiger partial charge on any atom is -0.508 e. The maximum absolute atomic E-state index is 14.6. The van der Waals surface area contributed by atoms with Gasteiger partial charge in [-0.1, -0.05) is 81.3 Å². The summed E-state index contributed by atoms with van der Waals surface area (Å²) in [4.78, 5) is 216. The summed E-state index contributed by atoms with van der Waals surface area (Å²) in [5.74, 6) is -11.4. The third-order valence-corrected chi connectivity index (χ3v) is 20.5. The lowest BCUT2D eigenvalue weighted by atomic mass is 9.99. The van der Waals surface area contributed by atoms with Crippen molar-refractivity contribution in [2.75, 3.05) is 78.2 Å². The number of rotatable bonds is 58. The van der Waals surface area contributed by atoms with Crippen LogP contribution in [0.3, 0.4) is 0 Å². The van der Waals surface area contributed by atoms with Crippen LogP contribution in [0.25, 0.3) is 0 Å². The number of hydrogen-bond donors (Lipinski definition) is 20. The van der Waals surface area contributed by atoms with Crippen LogP contribution in [0.1, 0.15) is 115 Å². The van der Waals surface area contributed by atoms with Crippen molar-refractivity contribution in [3.63, 3.8) is 0 Å². The molecule has 119 heavy (non-hydrogen) atoms. The number of phenolic OH excluding ortho intramolecular Hbond substituents is 1. The van der Waals surface area contributed by atoms with Gasteiger partial charge in [0.1, 0.15) is 73.0 Å². The summed E-state index contributed by atoms with van der Waals surface area (Å²) in [7, 11) is -4.98. The number of nitrogens with one attached hydrogen (secondary N) is 13. The molecule has 41 nitrogen and oxygen atoms in total. The molecule has 3 aromatic rings. The Morgan fingerprint density at radius 1 is 0.496 bits per heavy atom. The van der Waals surface area contributed by atoms with Gasteiger partial charge in [-0.15, -0.1) is 0 Å². The summed E-state index contributed by atoms with van der Waals surface area (Å²) in [5, 5.41) is 44.6. The zero-order chi connectivity index (χ0) is 87.6. The van der Waals surface area contributed by atoms with Crippen molar-refractivity contribution in [2.24, 2.45) is 28.9 Å². The third-order valence-electron chi connectivity index (χ3n) is 18.5. The fourth-order valence-electron chi connectivity index (χ4n) is 12.1. The number of ether oxygens (including phenoxy) is 4. The van der Waals surface area contributed by atoms with Crippen LogP contribution in [-0.4, -0.2) is 254 Å². The van der Waals surface area contributed by atoms with Crippen LogP contribution in [0.4, 0.5) is 4.79 Å². The zero-order valence-corrected chi connectivity index (χ0v) is 68.7. The quantitative estimate of drug-likeness (QED) is 0.0146. The molecule has 3 aromatic carbocycles. The van der Waals surface area contributed by atoms with Crippen molar-refractivity contribution in [3.05, 3.63) is 95.6 Å². The van der Waals surface area contributed by atoms with Crippen LogP contribution in [-0.2, 0) is 110 Å². The molecule has 2 fully saturated rings. The van der Waals surface area contributed by atoms with E-state index in [1.165, 1.54) is 62.4 Å². The Kier molecular flexibility index (Phi) is 43.5. The molecule has 24 N–H and O–H groups in total. The molecule has 12 atom stereocenters. The molecule has 5 rings (SSSR count). The molecule has 0 radical (unpaired) electrons. The standard InChI is InChI=1S/C76H114N17O24PS/c1-44(2)65(75(108)86-53(68(80)101)26-27-62(97)82-29-31-113-33-35-115-41-63(98)83-30-32-114-34-36-116-42-64(99)85-52(67(79)100)15-11-12-28-81-61(96)17-10-6-9-16-59-66-58(43-119-59)91-76(109)93-66)92-74(107)56(37-47-13-7-5-8-14-47)89-73(106)57(40-60(78)95)90-72(105)55(38-48-18-22-50(94)23-19-48)88-71(104)54(87-70(103)46(4)84-69(102)45(3)77)39-49-20-24-51(25-21-49)117-118(110,111)112/h5,7-8,13-14,18-25,44-46,52-59,65-66,94H,6,9-12,15-17,26-43,77H2,1-4H3,(H2,78,95)(H2,79,100)(H2,80,101)(H,81,96)(H,82,97)(H,83,98)(H,84,102)(H,85,99)(H,86,108)(H,87,103)(H,88,104)(H,89,106)(H,90,105)(H,92,107)(H2,91,93,109)(H2,110,111,112)/t45-,46-,52-,53-,54-,55-,56-,57-,58-,59-,65-,66-/m0/s1. The number of primary amides is 3. The number of thioether (sulfide) groups is 1. The molecule has 0 saturated carbocycles. The molecule has 2 heterocycles. The number of amides is 16. The average molecular weight is 1710 g/mol. The number of carbonyl (C=O) groups excluding carboxylic acids is 15. The van der Waals surface area contributed by atoms with Gasteiger partial charge in [0, 0.05) is 62.7 Å². The Bertz CT molecular complexity index is 3910. The second-order valence-corrected chi connectivity index (χ2v) is 31.2. The van der Waals surface area contributed by atoms with Gasteiger partial charge in [-0.3, -0.25) is 76.9 Å². The monoisotopic (exact) mass is 1710 g/mol. The number of phosphoric ester groups is 1. The Balaban J connectivity index is 1.02. The molecule has 2 aliphatic rings. The summed E-state index contributed by atoms with van der Waals surface area (Å²) >= 11 is 1.87. The van der Waals surface area contributed by atoms with Gasteiger partial charge in [-0.05, 0) is 99.2 Å². The number of aromatic hydroxyl groups is 1. The van der Waals surface area contributed by atoms with E-state index < -0.39 is 151 Å². The number of fused-ring (bicyclic) bond motifs is 1. The molecule has 0 unspecified atom stereocenters. The van der Waals surface area contributed by atoms with E-state index in [1.807, 2.05) is 11.8 Å². The van der Waals surface area contributed by atoms with Crippen molar-refractivity contribution in [2.45, 2.75) is 189 Å². The first-order valence-electron chi connectivity index (χ1n) is 39.0. The van der Waals surface area contributed by atoms with Gasteiger partial charge in [0.05, 0.1) is 64.2 Å². The maximum Gasteiger partial charge on any atom is 0.524 e. The van der Waals surface area contributed by atoms with Crippen molar-refractivity contribution in [1.82, 2.24) is 69.1 Å². The van der Waals surface area contributed by atoms with Gasteiger partial charge in [-0.2, -0.15) is 11.8 Å². The van der Waals surface area contributed by atoms with Gasteiger partial charge >= 0.3 is 13.9 Å². The lowest BCUT2D eigenvalue weighted by molar-refractivity contribution is -0.136. The number of urea groups is 1. The zero-order valence-electron chi connectivity index (χ0n) is 67.0. The fraction of sp³-hybridized carbons (Fsp3) is 0.566. The highest BCUT2D eigenvalue weighted by molar-refractivity contribution is 8.00. The smallest absolute Gasteiger partial charge is 0.508 e. The molecule has 0 bridgehead atoms. The lowest BCUT2D eigenvalue weighted by Crippen LogP contribution is -2.61. The van der Waals surface area contributed by atoms with E-state index in [4.69, 9.17) is 41.9 Å². The normalized spacial score (nSPS) is 16.4. The van der Waals surface area contributed by atoms with Gasteiger partial charge in [0.25, 0.3) is 0 Å². The molecule has 16 amide bonds. The Labute approximate surface area is 692 Å². The van der Waals surface area contributed by atoms with E-state index in [1.54, 1.807) is 44.2 Å². The number of nitrogens with two attached hydrogens (primary N) is 4. The minimum atomic E-state index is -4.98. The molecular weight excluding hydrogens is 1600 g/mol. The number of carbonyl (C=O) groups is 15. The predicted molar refractivity (Wildman–Crippen MR) is 431 cm³/mol. The molecule has 0 aromatic heterocycles. The summed E-state index contributed by atoms with van der Waals surface area (Å²) in [6.07, 6.45) is 2.96. The Morgan fingerprint density at radius 3 is 1.55 bits per heavy atom. The second kappa shape index (κ2) is 52.4. The molecular formula is C76H114N17O24PS. The molecule has 0 spiro atoms. The third kappa shape index (κ3) is 39.2. The average Bonchev–Trinajstić information content (AvgIpc) is 1.71. The Hall–Kier alpha value is -10.6. The maximum atomic E-state index is 14.6. The van der Waals surface area contributed by atoms with E-state index in [2.05, 4.69) is 73.6 Å². The summed E-state index contributed by atoms with van der Waals surface area (Å²) < 4.78 is 37.7. The van der Waals surface area contributed by atoms with Crippen LogP contribution in [0.5, 0.6) is 11.5 Å². The fourth-order valence-corrected chi connectivity index (χ4v) is 14.1. The number of unbranched alkanes of at least 4 members (excludes halogenated alkanes) is 3. The molecule has 43 heteroatoms. The van der Waals surface area contributed by atoms with Gasteiger partial charge in [0.15, 0.2) is 0 Å². The van der Waals surface area contributed by atoms with E-state index in [9.17, 15) is 91.4 Å². The molecule has 2 saturated heterocycles. The second-order valence-electron chi connectivity index (χ2n) is 28.8. The van der Waals surface area contributed by atoms with Crippen molar-refractivity contribution in [1.29, 1.82) is 0 Å². The predicted octanol–water partition coefficient (Wildman–Crippen LogP) is -3.88. The minimum absolute atomic E-state index is 0.0174. The largest absolute Gasteiger partial charge is 0.524 e. The van der Waals surface area contributed by atoms with Crippen LogP contribution in [0, 0.1) is 5.92 Å². The van der Waals surface area contributed by atoms with Gasteiger partial charge < -0.3 is 121 Å². The van der Waals surface area contributed by atoms with Crippen LogP contribution >= 0.6 is 19.6 Å². The van der Waals surface area contributed by atoms with Gasteiger partial charge in [-0.25, -0.2) is 9.36 Å². The first-order chi connectivity index (χ1) is 56.5. The highest BCUT2D eigenvalue weighted by Crippen LogP contribution is 2.37. The first kappa shape index (κ1) is 99.0. The summed E-state index contributed by atoms with van der Waals surface area (Å²) in [5.41, 5.74) is 23.6. The highest BCUT2D eigenvalue weighted by Gasteiger charge is 2.43. The number of benzene rings is 3. The number of phosphoric acid groups is 1. The topological polar surface area (TPSA) is 640 Å². The molecule has 2 aliphatic heterocycles. The van der Waals surface area contributed by atoms with Gasteiger partial charge in [0.2, 0.25) is 82.7 Å². The molecule has 0 aliphatic carbocycles. The Morgan fingerprint density at radius 2 is 0.992 bits per heavy atom. The first-order valence-corrected chi connectivity index (χ1v) is 41.6. The number of hydrogen-bond acceptors (Lipinski definition) is 24. The summed E-state index contributed by atoms with van der Waals surface area (Å²) in [6.45, 7) is 6.08. The van der Waals surface area contributed by atoms with E-state index >= 15 is 0 Å². The van der Waals surface area contributed by atoms with E-state index in [-0.39, 0.29) is 146 Å². The molecule has 658 valence electrons. The SMILES string of the molecule is CC(C)[C@H](NC(=O)[C@H](Cc1ccccc1)NC(=O)[C@H](CC(N)=O)NC(=O)[C@H](Cc1ccc(O)cc1)NC(=O)[C@H](Cc1ccc(OP(=O)(O)O)cc1)NC(=O)[C@H](C)NC(=O)[C@H](C)N)C(=O)N[C@@H](CCC(=O)NCCOCCOCC(=O)NCCOCCOCC(=O)N[C@@H](CCCCNC(=O)CCCCC[C@@H]1SC[C@@H]2NC(=O)N[C@@H]21)C(N)=O)C(N)=O. The highest BCUT2D eigenvalue weighted by atomic mass is 32.2. The van der Waals surface area contributed by atoms with Crippen molar-refractivity contribution in [3.8, 4) is 11.5 Å². The van der Waals surface area contributed by atoms with Crippen LogP contribution in [0.2, 0.25) is 0 Å². The number of phenols is 1. The van der Waals surface area contributed by atoms with Crippen LogP contribution < -0.4 is 96.6 Å². The van der Waals surface area contributed by atoms with Crippen molar-refractivity contribution >= 4 is 108 Å². The van der Waals surface area contributed by atoms with Crippen molar-refractivity contribution < 1.29 is 115 Å². The van der Waals surface area contributed by atoms with Crippen LogP contribution in [0.15, 0.2) is 78.9 Å².